The van der Waals surface area contributed by atoms with Crippen molar-refractivity contribution in [3.63, 3.8) is 0 Å². The third kappa shape index (κ3) is 2.05. The van der Waals surface area contributed by atoms with Crippen LogP contribution in [0.1, 0.15) is 19.3 Å². The highest BCUT2D eigenvalue weighted by molar-refractivity contribution is 9.10. The van der Waals surface area contributed by atoms with Crippen LogP contribution in [-0.4, -0.2) is 18.1 Å². The molecule has 0 N–H and O–H groups in total. The number of hydrogen-bond donors (Lipinski definition) is 0. The van der Waals surface area contributed by atoms with Gasteiger partial charge in [-0.2, -0.15) is 0 Å². The summed E-state index contributed by atoms with van der Waals surface area (Å²) >= 11 is 3.20. The smallest absolute Gasteiger partial charge is 0.166 e. The van der Waals surface area contributed by atoms with Gasteiger partial charge in [0.05, 0.1) is 0 Å². The highest BCUT2D eigenvalue weighted by atomic mass is 79.9. The van der Waals surface area contributed by atoms with E-state index in [-0.39, 0.29) is 5.82 Å². The molecule has 14 heavy (non-hydrogen) atoms. The molecule has 1 aliphatic heterocycles. The van der Waals surface area contributed by atoms with Crippen LogP contribution in [0.4, 0.5) is 10.2 Å². The number of piperidine rings is 1. The van der Waals surface area contributed by atoms with Gasteiger partial charge in [-0.05, 0) is 41.3 Å². The van der Waals surface area contributed by atoms with Gasteiger partial charge in [-0.25, -0.2) is 9.37 Å². The van der Waals surface area contributed by atoms with Crippen LogP contribution in [0.25, 0.3) is 0 Å². The Balaban J connectivity index is 2.22. The van der Waals surface area contributed by atoms with Crippen molar-refractivity contribution in [3.05, 3.63) is 22.6 Å². The zero-order valence-electron chi connectivity index (χ0n) is 7.84. The molecule has 0 radical (unpaired) electrons. The third-order valence-electron chi connectivity index (χ3n) is 2.44. The summed E-state index contributed by atoms with van der Waals surface area (Å²) in [5.41, 5.74) is 0. The minimum absolute atomic E-state index is 0.235. The molecule has 4 heteroatoms. The molecule has 2 nitrogen and oxygen atoms in total. The quantitative estimate of drug-likeness (QED) is 0.770. The number of hydrogen-bond acceptors (Lipinski definition) is 2. The molecule has 0 saturated carbocycles. The van der Waals surface area contributed by atoms with Gasteiger partial charge in [0.15, 0.2) is 11.6 Å². The van der Waals surface area contributed by atoms with Crippen molar-refractivity contribution in [2.24, 2.45) is 0 Å². The molecule has 1 aromatic heterocycles. The highest BCUT2D eigenvalue weighted by Crippen LogP contribution is 2.22. The lowest BCUT2D eigenvalue weighted by Crippen LogP contribution is -2.30. The molecule has 0 unspecified atom stereocenters. The summed E-state index contributed by atoms with van der Waals surface area (Å²) in [7, 11) is 0. The first-order chi connectivity index (χ1) is 6.77. The Morgan fingerprint density at radius 2 is 2.00 bits per heavy atom. The average Bonchev–Trinajstić information content (AvgIpc) is 2.19. The predicted octanol–water partition coefficient (Wildman–Crippen LogP) is 2.97. The molecule has 0 amide bonds. The molecule has 1 saturated heterocycles. The normalized spacial score (nSPS) is 17.1. The maximum atomic E-state index is 13.5. The molecule has 1 aliphatic rings. The summed E-state index contributed by atoms with van der Waals surface area (Å²) in [5, 5.41) is 0. The second-order valence-electron chi connectivity index (χ2n) is 3.51. The monoisotopic (exact) mass is 258 g/mol. The van der Waals surface area contributed by atoms with Crippen LogP contribution in [0.3, 0.4) is 0 Å². The van der Waals surface area contributed by atoms with Gasteiger partial charge in [-0.15, -0.1) is 0 Å². The molecule has 1 fully saturated rings. The molecule has 0 atom stereocenters. The Kier molecular flexibility index (Phi) is 3.01. The summed E-state index contributed by atoms with van der Waals surface area (Å²) < 4.78 is 14.2. The Morgan fingerprint density at radius 3 is 2.64 bits per heavy atom. The number of rotatable bonds is 1. The maximum absolute atomic E-state index is 13.5. The van der Waals surface area contributed by atoms with Crippen molar-refractivity contribution < 1.29 is 4.39 Å². The van der Waals surface area contributed by atoms with Crippen molar-refractivity contribution in [1.29, 1.82) is 0 Å². The third-order valence-corrected chi connectivity index (χ3v) is 2.88. The van der Waals surface area contributed by atoms with Crippen LogP contribution in [0.5, 0.6) is 0 Å². The van der Waals surface area contributed by atoms with Crippen LogP contribution in [0.2, 0.25) is 0 Å². The van der Waals surface area contributed by atoms with Crippen molar-refractivity contribution in [3.8, 4) is 0 Å². The number of nitrogens with zero attached hydrogens (tertiary/aromatic N) is 2. The summed E-state index contributed by atoms with van der Waals surface area (Å²) in [4.78, 5) is 6.12. The lowest BCUT2D eigenvalue weighted by molar-refractivity contribution is 0.549. The molecule has 0 aromatic carbocycles. The van der Waals surface area contributed by atoms with Gasteiger partial charge in [0, 0.05) is 23.8 Å². The number of pyridine rings is 1. The van der Waals surface area contributed by atoms with Crippen LogP contribution >= 0.6 is 15.9 Å². The van der Waals surface area contributed by atoms with Gasteiger partial charge in [0.25, 0.3) is 0 Å². The highest BCUT2D eigenvalue weighted by Gasteiger charge is 2.15. The van der Waals surface area contributed by atoms with Gasteiger partial charge in [0.2, 0.25) is 0 Å². The topological polar surface area (TPSA) is 16.1 Å². The first kappa shape index (κ1) is 9.90. The van der Waals surface area contributed by atoms with E-state index in [1.165, 1.54) is 12.5 Å². The van der Waals surface area contributed by atoms with E-state index < -0.39 is 0 Å². The summed E-state index contributed by atoms with van der Waals surface area (Å²) in [6.45, 7) is 1.84. The van der Waals surface area contributed by atoms with Crippen LogP contribution in [0, 0.1) is 5.82 Å². The lowest BCUT2D eigenvalue weighted by atomic mass is 10.1. The largest absolute Gasteiger partial charge is 0.354 e. The van der Waals surface area contributed by atoms with E-state index in [1.807, 2.05) is 4.90 Å². The van der Waals surface area contributed by atoms with Crippen molar-refractivity contribution in [2.75, 3.05) is 18.0 Å². The van der Waals surface area contributed by atoms with Crippen LogP contribution in [0.15, 0.2) is 16.7 Å². The summed E-state index contributed by atoms with van der Waals surface area (Å²) in [6, 6.07) is 1.47. The zero-order chi connectivity index (χ0) is 9.97. The fraction of sp³-hybridized carbons (Fsp3) is 0.500. The minimum Gasteiger partial charge on any atom is -0.354 e. The summed E-state index contributed by atoms with van der Waals surface area (Å²) in [5.74, 6) is 0.258. The minimum atomic E-state index is -0.235. The standard InChI is InChI=1S/C10H12BrFN2/c11-8-6-9(12)10(13-7-8)14-4-2-1-3-5-14/h6-7H,1-5H2. The number of aromatic nitrogens is 1. The van der Waals surface area contributed by atoms with E-state index >= 15 is 0 Å². The summed E-state index contributed by atoms with van der Waals surface area (Å²) in [6.07, 6.45) is 5.16. The van der Waals surface area contributed by atoms with E-state index in [0.29, 0.717) is 10.3 Å². The Bertz CT molecular complexity index is 324. The van der Waals surface area contributed by atoms with E-state index in [0.717, 1.165) is 25.9 Å². The first-order valence-electron chi connectivity index (χ1n) is 4.83. The van der Waals surface area contributed by atoms with Crippen molar-refractivity contribution in [1.82, 2.24) is 4.98 Å². The molecule has 0 spiro atoms. The van der Waals surface area contributed by atoms with Crippen molar-refractivity contribution in [2.45, 2.75) is 19.3 Å². The second-order valence-corrected chi connectivity index (χ2v) is 4.42. The fourth-order valence-electron chi connectivity index (χ4n) is 1.75. The molecule has 2 rings (SSSR count). The maximum Gasteiger partial charge on any atom is 0.166 e. The average molecular weight is 259 g/mol. The molecule has 1 aromatic rings. The number of halogens is 2. The lowest BCUT2D eigenvalue weighted by Gasteiger charge is -2.27. The fourth-order valence-corrected chi connectivity index (χ4v) is 2.05. The molecule has 0 aliphatic carbocycles. The van der Waals surface area contributed by atoms with E-state index in [2.05, 4.69) is 20.9 Å². The van der Waals surface area contributed by atoms with Crippen LogP contribution < -0.4 is 4.90 Å². The molecular formula is C10H12BrFN2. The second kappa shape index (κ2) is 4.26. The molecule has 0 bridgehead atoms. The molecule has 2 heterocycles. The van der Waals surface area contributed by atoms with Gasteiger partial charge >= 0.3 is 0 Å². The van der Waals surface area contributed by atoms with Gasteiger partial charge in [-0.1, -0.05) is 0 Å². The molecular weight excluding hydrogens is 247 g/mol. The Labute approximate surface area is 91.3 Å². The number of anilines is 1. The Morgan fingerprint density at radius 1 is 1.29 bits per heavy atom. The van der Waals surface area contributed by atoms with E-state index in [1.54, 1.807) is 6.20 Å². The predicted molar refractivity (Wildman–Crippen MR) is 58.0 cm³/mol. The first-order valence-corrected chi connectivity index (χ1v) is 5.62. The SMILES string of the molecule is Fc1cc(Br)cnc1N1CCCCC1. The van der Waals surface area contributed by atoms with Crippen LogP contribution in [-0.2, 0) is 0 Å². The molecule has 76 valence electrons. The van der Waals surface area contributed by atoms with Crippen molar-refractivity contribution >= 4 is 21.7 Å². The van der Waals surface area contributed by atoms with Gasteiger partial charge in [-0.3, -0.25) is 0 Å². The van der Waals surface area contributed by atoms with Gasteiger partial charge < -0.3 is 4.90 Å². The van der Waals surface area contributed by atoms with Gasteiger partial charge in [0.1, 0.15) is 0 Å². The Hall–Kier alpha value is -0.640. The zero-order valence-corrected chi connectivity index (χ0v) is 9.43. The van der Waals surface area contributed by atoms with E-state index in [4.69, 9.17) is 0 Å². The van der Waals surface area contributed by atoms with E-state index in [9.17, 15) is 4.39 Å².